The maximum atomic E-state index is 11.5. The van der Waals surface area contributed by atoms with E-state index in [1.54, 1.807) is 7.11 Å². The first kappa shape index (κ1) is 20.5. The smallest absolute Gasteiger partial charge is 0.225 e. The molecule has 3 heterocycles. The number of ether oxygens (including phenoxy) is 2. The fraction of sp³-hybridized carbons (Fsp3) is 0.478. The number of hydrogen-bond acceptors (Lipinski definition) is 6. The van der Waals surface area contributed by atoms with Crippen LogP contribution in [-0.4, -0.2) is 62.2 Å². The minimum atomic E-state index is 0.0265. The molecular formula is C23H30N4O3. The molecule has 1 fully saturated rings. The highest BCUT2D eigenvalue weighted by atomic mass is 16.5. The van der Waals surface area contributed by atoms with Crippen LogP contribution in [0.15, 0.2) is 36.4 Å². The Bertz CT molecular complexity index is 865. The van der Waals surface area contributed by atoms with Gasteiger partial charge in [0.25, 0.3) is 0 Å². The number of piperazine rings is 1. The van der Waals surface area contributed by atoms with Gasteiger partial charge in [0.2, 0.25) is 11.8 Å². The number of aromatic nitrogens is 1. The maximum Gasteiger partial charge on any atom is 0.225 e. The quantitative estimate of drug-likeness (QED) is 0.675. The van der Waals surface area contributed by atoms with Gasteiger partial charge in [-0.25, -0.2) is 0 Å². The van der Waals surface area contributed by atoms with Crippen molar-refractivity contribution in [3.8, 4) is 11.6 Å². The van der Waals surface area contributed by atoms with Gasteiger partial charge in [-0.05, 0) is 49.6 Å². The number of carbonyl (C=O) groups is 1. The number of anilines is 2. The van der Waals surface area contributed by atoms with Gasteiger partial charge in [0, 0.05) is 50.4 Å². The third-order valence-electron chi connectivity index (χ3n) is 5.74. The molecule has 1 saturated heterocycles. The molecule has 2 aliphatic heterocycles. The summed E-state index contributed by atoms with van der Waals surface area (Å²) in [4.78, 5) is 20.9. The summed E-state index contributed by atoms with van der Waals surface area (Å²) in [6.45, 7) is 5.95. The second kappa shape index (κ2) is 9.80. The molecule has 1 N–H and O–H groups in total. The molecule has 7 nitrogen and oxygen atoms in total. The highest BCUT2D eigenvalue weighted by Gasteiger charge is 2.18. The number of carbonyl (C=O) groups excluding carboxylic acids is 1. The summed E-state index contributed by atoms with van der Waals surface area (Å²) in [5.74, 6) is 2.17. The summed E-state index contributed by atoms with van der Waals surface area (Å²) < 4.78 is 11.1. The summed E-state index contributed by atoms with van der Waals surface area (Å²) in [7, 11) is 1.71. The molecule has 4 rings (SSSR count). The molecule has 0 saturated carbocycles. The number of fused-ring (bicyclic) bond motifs is 1. The molecule has 0 radical (unpaired) electrons. The minimum absolute atomic E-state index is 0.0265. The Morgan fingerprint density at radius 1 is 1.07 bits per heavy atom. The van der Waals surface area contributed by atoms with Crippen LogP contribution in [0.4, 0.5) is 11.5 Å². The normalized spacial score (nSPS) is 16.7. The van der Waals surface area contributed by atoms with Crippen molar-refractivity contribution < 1.29 is 14.3 Å². The third kappa shape index (κ3) is 5.21. The number of amides is 1. The Morgan fingerprint density at radius 3 is 2.77 bits per heavy atom. The van der Waals surface area contributed by atoms with Gasteiger partial charge >= 0.3 is 0 Å². The van der Waals surface area contributed by atoms with Crippen LogP contribution in [0.5, 0.6) is 11.6 Å². The zero-order valence-corrected chi connectivity index (χ0v) is 17.6. The minimum Gasteiger partial charge on any atom is -0.497 e. The number of hydrogen-bond donors (Lipinski definition) is 1. The number of rotatable bonds is 8. The number of aryl methyl sites for hydroxylation is 1. The maximum absolute atomic E-state index is 11.5. The Balaban J connectivity index is 1.14. The molecule has 0 bridgehead atoms. The Hall–Kier alpha value is -2.80. The molecule has 0 unspecified atom stereocenters. The van der Waals surface area contributed by atoms with Gasteiger partial charge in [0.15, 0.2) is 0 Å². The first-order valence-electron chi connectivity index (χ1n) is 10.8. The lowest BCUT2D eigenvalue weighted by molar-refractivity contribution is -0.116. The predicted octanol–water partition coefficient (Wildman–Crippen LogP) is 2.96. The van der Waals surface area contributed by atoms with Gasteiger partial charge in [-0.2, -0.15) is 4.98 Å². The lowest BCUT2D eigenvalue weighted by Gasteiger charge is -2.36. The summed E-state index contributed by atoms with van der Waals surface area (Å²) in [6.07, 6.45) is 3.37. The average Bonchev–Trinajstić information content (AvgIpc) is 2.79. The van der Waals surface area contributed by atoms with E-state index in [9.17, 15) is 4.79 Å². The summed E-state index contributed by atoms with van der Waals surface area (Å²) >= 11 is 0. The number of pyridine rings is 1. The van der Waals surface area contributed by atoms with Crippen molar-refractivity contribution in [3.05, 3.63) is 42.0 Å². The van der Waals surface area contributed by atoms with Crippen LogP contribution in [0.3, 0.4) is 0 Å². The molecule has 1 amide bonds. The summed E-state index contributed by atoms with van der Waals surface area (Å²) in [5, 5.41) is 2.82. The first-order chi connectivity index (χ1) is 14.7. The SMILES string of the molecule is COc1cccc(N2CCN(CCCCOc3ccc4c(n3)NC(=O)CC4)CC2)c1. The lowest BCUT2D eigenvalue weighted by atomic mass is 10.1. The Kier molecular flexibility index (Phi) is 6.69. The van der Waals surface area contributed by atoms with Crippen molar-refractivity contribution >= 4 is 17.4 Å². The van der Waals surface area contributed by atoms with Crippen LogP contribution < -0.4 is 19.7 Å². The van der Waals surface area contributed by atoms with Gasteiger partial charge < -0.3 is 19.7 Å². The van der Waals surface area contributed by atoms with Crippen LogP contribution in [0, 0.1) is 0 Å². The van der Waals surface area contributed by atoms with Crippen molar-refractivity contribution in [2.45, 2.75) is 25.7 Å². The van der Waals surface area contributed by atoms with Gasteiger partial charge in [-0.3, -0.25) is 9.69 Å². The van der Waals surface area contributed by atoms with E-state index < -0.39 is 0 Å². The fourth-order valence-electron chi connectivity index (χ4n) is 3.95. The zero-order chi connectivity index (χ0) is 20.8. The number of unbranched alkanes of at least 4 members (excludes halogenated alkanes) is 1. The number of nitrogens with one attached hydrogen (secondary N) is 1. The van der Waals surface area contributed by atoms with E-state index in [0.29, 0.717) is 24.7 Å². The van der Waals surface area contributed by atoms with Crippen LogP contribution in [-0.2, 0) is 11.2 Å². The topological polar surface area (TPSA) is 66.9 Å². The van der Waals surface area contributed by atoms with E-state index in [2.05, 4.69) is 32.2 Å². The molecule has 2 aromatic rings. The second-order valence-electron chi connectivity index (χ2n) is 7.79. The standard InChI is InChI=1S/C23H30N4O3/c1-29-20-6-4-5-19(17-20)27-14-12-26(13-15-27)11-2-3-16-30-22-10-8-18-7-9-21(28)24-23(18)25-22/h4-6,8,10,17H,2-3,7,9,11-16H2,1H3,(H,24,25,28). The van der Waals surface area contributed by atoms with Gasteiger partial charge in [0.05, 0.1) is 13.7 Å². The molecular weight excluding hydrogens is 380 g/mol. The molecule has 30 heavy (non-hydrogen) atoms. The molecule has 2 aliphatic rings. The Labute approximate surface area is 178 Å². The molecule has 1 aromatic heterocycles. The number of methoxy groups -OCH3 is 1. The van der Waals surface area contributed by atoms with Crippen molar-refractivity contribution in [3.63, 3.8) is 0 Å². The van der Waals surface area contributed by atoms with E-state index in [1.807, 2.05) is 24.3 Å². The zero-order valence-electron chi connectivity index (χ0n) is 17.6. The van der Waals surface area contributed by atoms with Crippen LogP contribution in [0.25, 0.3) is 0 Å². The second-order valence-corrected chi connectivity index (χ2v) is 7.79. The molecule has 0 aliphatic carbocycles. The van der Waals surface area contributed by atoms with E-state index in [4.69, 9.17) is 9.47 Å². The van der Waals surface area contributed by atoms with Gasteiger partial charge in [0.1, 0.15) is 11.6 Å². The third-order valence-corrected chi connectivity index (χ3v) is 5.74. The van der Waals surface area contributed by atoms with Crippen LogP contribution >= 0.6 is 0 Å². The average molecular weight is 411 g/mol. The summed E-state index contributed by atoms with van der Waals surface area (Å²) in [6, 6.07) is 12.2. The largest absolute Gasteiger partial charge is 0.497 e. The first-order valence-corrected chi connectivity index (χ1v) is 10.8. The number of benzene rings is 1. The summed E-state index contributed by atoms with van der Waals surface area (Å²) in [5.41, 5.74) is 2.31. The fourth-order valence-corrected chi connectivity index (χ4v) is 3.95. The van der Waals surface area contributed by atoms with Crippen molar-refractivity contribution in [1.29, 1.82) is 0 Å². The van der Waals surface area contributed by atoms with E-state index in [-0.39, 0.29) is 5.91 Å². The van der Waals surface area contributed by atoms with Crippen molar-refractivity contribution in [1.82, 2.24) is 9.88 Å². The van der Waals surface area contributed by atoms with Gasteiger partial charge in [-0.15, -0.1) is 0 Å². The van der Waals surface area contributed by atoms with Gasteiger partial charge in [-0.1, -0.05) is 6.07 Å². The molecule has 1 aromatic carbocycles. The molecule has 7 heteroatoms. The van der Waals surface area contributed by atoms with Crippen LogP contribution in [0.2, 0.25) is 0 Å². The van der Waals surface area contributed by atoms with E-state index in [0.717, 1.165) is 63.3 Å². The molecule has 0 spiro atoms. The van der Waals surface area contributed by atoms with E-state index in [1.165, 1.54) is 5.69 Å². The van der Waals surface area contributed by atoms with Crippen molar-refractivity contribution in [2.75, 3.05) is 56.7 Å². The number of nitrogens with zero attached hydrogens (tertiary/aromatic N) is 3. The van der Waals surface area contributed by atoms with Crippen LogP contribution in [0.1, 0.15) is 24.8 Å². The van der Waals surface area contributed by atoms with E-state index >= 15 is 0 Å². The highest BCUT2D eigenvalue weighted by molar-refractivity contribution is 5.92. The molecule has 160 valence electrons. The lowest BCUT2D eigenvalue weighted by Crippen LogP contribution is -2.46. The monoisotopic (exact) mass is 410 g/mol. The van der Waals surface area contributed by atoms with Crippen molar-refractivity contribution in [2.24, 2.45) is 0 Å². The predicted molar refractivity (Wildman–Crippen MR) is 118 cm³/mol. The Morgan fingerprint density at radius 2 is 1.93 bits per heavy atom. The molecule has 0 atom stereocenters. The highest BCUT2D eigenvalue weighted by Crippen LogP contribution is 2.24.